The normalized spacial score (nSPS) is 12.5. The summed E-state index contributed by atoms with van der Waals surface area (Å²) in [6.45, 7) is 12.0. The van der Waals surface area contributed by atoms with Crippen LogP contribution >= 0.6 is 0 Å². The number of aliphatic hydroxyl groups excluding tert-OH is 1. The molecule has 0 aliphatic rings. The first kappa shape index (κ1) is 19.2. The quantitative estimate of drug-likeness (QED) is 0.584. The van der Waals surface area contributed by atoms with Crippen LogP contribution in [0.2, 0.25) is 0 Å². The summed E-state index contributed by atoms with van der Waals surface area (Å²) in [4.78, 5) is 14.4. The first-order chi connectivity index (χ1) is 9.53. The van der Waals surface area contributed by atoms with Crippen LogP contribution in [0, 0.1) is 0 Å². The molecule has 0 saturated heterocycles. The molecule has 3 heteroatoms. The van der Waals surface area contributed by atoms with E-state index in [9.17, 15) is 9.90 Å². The maximum atomic E-state index is 12.5. The number of amides is 1. The lowest BCUT2D eigenvalue weighted by Crippen LogP contribution is -2.49. The van der Waals surface area contributed by atoms with Crippen molar-refractivity contribution in [3.63, 3.8) is 0 Å². The van der Waals surface area contributed by atoms with Gasteiger partial charge in [0.1, 0.15) is 0 Å². The fourth-order valence-corrected chi connectivity index (χ4v) is 2.57. The number of nitrogens with zero attached hydrogens (tertiary/aromatic N) is 1. The molecule has 20 heavy (non-hydrogen) atoms. The third-order valence-electron chi connectivity index (χ3n) is 3.85. The van der Waals surface area contributed by atoms with Gasteiger partial charge in [-0.1, -0.05) is 53.0 Å². The van der Waals surface area contributed by atoms with E-state index in [1.165, 1.54) is 0 Å². The molecule has 0 aromatic rings. The summed E-state index contributed by atoms with van der Waals surface area (Å²) in [7, 11) is 0. The van der Waals surface area contributed by atoms with Gasteiger partial charge in [0.05, 0.1) is 12.6 Å². The predicted molar refractivity (Wildman–Crippen MR) is 85.7 cm³/mol. The average Bonchev–Trinajstić information content (AvgIpc) is 2.45. The minimum absolute atomic E-state index is 0.00288. The Morgan fingerprint density at radius 2 is 1.60 bits per heavy atom. The fraction of sp³-hybridized carbons (Fsp3) is 0.824. The molecule has 0 fully saturated rings. The highest BCUT2D eigenvalue weighted by Gasteiger charge is 2.29. The molecule has 0 aliphatic heterocycles. The van der Waals surface area contributed by atoms with Gasteiger partial charge < -0.3 is 10.0 Å². The van der Waals surface area contributed by atoms with Crippen molar-refractivity contribution in [1.29, 1.82) is 0 Å². The second-order valence-electron chi connectivity index (χ2n) is 5.68. The van der Waals surface area contributed by atoms with Crippen LogP contribution in [0.3, 0.4) is 0 Å². The van der Waals surface area contributed by atoms with Gasteiger partial charge in [0.15, 0.2) is 0 Å². The lowest BCUT2D eigenvalue weighted by atomic mass is 9.98. The van der Waals surface area contributed by atoms with E-state index < -0.39 is 0 Å². The van der Waals surface area contributed by atoms with Crippen molar-refractivity contribution in [2.45, 2.75) is 84.7 Å². The Bertz CT molecular complexity index is 277. The van der Waals surface area contributed by atoms with Gasteiger partial charge in [0.25, 0.3) is 0 Å². The van der Waals surface area contributed by atoms with E-state index in [1.54, 1.807) is 6.92 Å². The number of aliphatic hydroxyl groups is 1. The third kappa shape index (κ3) is 6.08. The molecule has 0 bridgehead atoms. The Hall–Kier alpha value is -0.830. The van der Waals surface area contributed by atoms with Crippen LogP contribution in [0.25, 0.3) is 0 Å². The minimum Gasteiger partial charge on any atom is -0.394 e. The molecule has 1 unspecified atom stereocenters. The van der Waals surface area contributed by atoms with Gasteiger partial charge in [0.2, 0.25) is 5.91 Å². The third-order valence-corrected chi connectivity index (χ3v) is 3.85. The summed E-state index contributed by atoms with van der Waals surface area (Å²) in [6.07, 6.45) is 7.33. The molecule has 0 heterocycles. The number of unbranched alkanes of at least 4 members (excludes halogenated alkanes) is 2. The monoisotopic (exact) mass is 283 g/mol. The molecule has 0 spiro atoms. The van der Waals surface area contributed by atoms with Crippen LogP contribution in [0.4, 0.5) is 0 Å². The Balaban J connectivity index is 5.14. The number of hydrogen-bond donors (Lipinski definition) is 1. The van der Waals surface area contributed by atoms with Gasteiger partial charge in [-0.05, 0) is 26.2 Å². The number of rotatable bonds is 11. The summed E-state index contributed by atoms with van der Waals surface area (Å²) in [5, 5.41) is 9.60. The van der Waals surface area contributed by atoms with Gasteiger partial charge in [-0.15, -0.1) is 0 Å². The van der Waals surface area contributed by atoms with Crippen molar-refractivity contribution in [3.8, 4) is 0 Å². The molecule has 1 amide bonds. The zero-order valence-electron chi connectivity index (χ0n) is 13.8. The molecule has 1 atom stereocenters. The molecule has 118 valence electrons. The second kappa shape index (κ2) is 10.9. The van der Waals surface area contributed by atoms with Crippen LogP contribution in [-0.2, 0) is 4.79 Å². The van der Waals surface area contributed by atoms with E-state index >= 15 is 0 Å². The van der Waals surface area contributed by atoms with Crippen molar-refractivity contribution in [1.82, 2.24) is 4.90 Å². The Kier molecular flexibility index (Phi) is 10.4. The predicted octanol–water partition coefficient (Wildman–Crippen LogP) is 3.91. The Morgan fingerprint density at radius 1 is 1.10 bits per heavy atom. The van der Waals surface area contributed by atoms with Crippen molar-refractivity contribution in [2.24, 2.45) is 0 Å². The molecular formula is C17H33NO2. The molecule has 0 saturated carbocycles. The molecule has 0 aromatic carbocycles. The maximum Gasteiger partial charge on any atom is 0.249 e. The SMILES string of the molecule is C=C(C)C(=O)N(C(CC)CO)C(CCCC)CCCC. The van der Waals surface area contributed by atoms with Gasteiger partial charge in [-0.3, -0.25) is 4.79 Å². The number of carbonyl (C=O) groups is 1. The van der Waals surface area contributed by atoms with Crippen LogP contribution in [-0.4, -0.2) is 34.6 Å². The molecular weight excluding hydrogens is 250 g/mol. The van der Waals surface area contributed by atoms with Crippen LogP contribution in [0.15, 0.2) is 12.2 Å². The Morgan fingerprint density at radius 3 is 1.90 bits per heavy atom. The molecule has 0 aliphatic carbocycles. The number of carbonyl (C=O) groups excluding carboxylic acids is 1. The van der Waals surface area contributed by atoms with Crippen molar-refractivity contribution in [3.05, 3.63) is 12.2 Å². The van der Waals surface area contributed by atoms with E-state index in [4.69, 9.17) is 0 Å². The topological polar surface area (TPSA) is 40.5 Å². The fourth-order valence-electron chi connectivity index (χ4n) is 2.57. The van der Waals surface area contributed by atoms with Crippen molar-refractivity contribution in [2.75, 3.05) is 6.61 Å². The van der Waals surface area contributed by atoms with E-state index in [-0.39, 0.29) is 24.6 Å². The van der Waals surface area contributed by atoms with Gasteiger partial charge in [-0.2, -0.15) is 0 Å². The summed E-state index contributed by atoms with van der Waals surface area (Å²) in [5.41, 5.74) is 0.565. The smallest absolute Gasteiger partial charge is 0.249 e. The molecule has 0 rings (SSSR count). The molecule has 0 aromatic heterocycles. The van der Waals surface area contributed by atoms with Gasteiger partial charge in [0, 0.05) is 11.6 Å². The molecule has 0 radical (unpaired) electrons. The first-order valence-electron chi connectivity index (χ1n) is 8.12. The highest BCUT2D eigenvalue weighted by Crippen LogP contribution is 2.21. The summed E-state index contributed by atoms with van der Waals surface area (Å²) in [6, 6.07) is 0.147. The minimum atomic E-state index is -0.0853. The zero-order chi connectivity index (χ0) is 15.5. The van der Waals surface area contributed by atoms with Gasteiger partial charge >= 0.3 is 0 Å². The summed E-state index contributed by atoms with van der Waals surface area (Å²) >= 11 is 0. The zero-order valence-corrected chi connectivity index (χ0v) is 13.8. The van der Waals surface area contributed by atoms with E-state index in [0.717, 1.165) is 44.9 Å². The maximum absolute atomic E-state index is 12.5. The first-order valence-corrected chi connectivity index (χ1v) is 8.12. The highest BCUT2D eigenvalue weighted by molar-refractivity contribution is 5.92. The van der Waals surface area contributed by atoms with Crippen molar-refractivity contribution < 1.29 is 9.90 Å². The van der Waals surface area contributed by atoms with E-state index in [0.29, 0.717) is 5.57 Å². The van der Waals surface area contributed by atoms with Crippen LogP contribution in [0.1, 0.15) is 72.6 Å². The summed E-state index contributed by atoms with van der Waals surface area (Å²) in [5.74, 6) is 0.00288. The van der Waals surface area contributed by atoms with Crippen LogP contribution in [0.5, 0.6) is 0 Å². The Labute approximate surface area is 125 Å². The van der Waals surface area contributed by atoms with Crippen LogP contribution < -0.4 is 0 Å². The lowest BCUT2D eigenvalue weighted by Gasteiger charge is -2.38. The largest absolute Gasteiger partial charge is 0.394 e. The lowest BCUT2D eigenvalue weighted by molar-refractivity contribution is -0.133. The van der Waals surface area contributed by atoms with Crippen molar-refractivity contribution >= 4 is 5.91 Å². The van der Waals surface area contributed by atoms with E-state index in [1.807, 2.05) is 11.8 Å². The summed E-state index contributed by atoms with van der Waals surface area (Å²) < 4.78 is 0. The average molecular weight is 283 g/mol. The molecule has 3 nitrogen and oxygen atoms in total. The number of hydrogen-bond acceptors (Lipinski definition) is 2. The molecule has 1 N–H and O–H groups in total. The second-order valence-corrected chi connectivity index (χ2v) is 5.68. The van der Waals surface area contributed by atoms with E-state index in [2.05, 4.69) is 20.4 Å². The standard InChI is InChI=1S/C17H33NO2/c1-6-9-11-16(12-10-7-2)18(15(8-3)13-19)17(20)14(4)5/h15-16,19H,4,6-13H2,1-3,5H3. The highest BCUT2D eigenvalue weighted by atomic mass is 16.3. The van der Waals surface area contributed by atoms with Gasteiger partial charge in [-0.25, -0.2) is 0 Å².